The molecule has 0 aromatic rings. The molecule has 0 aliphatic carbocycles. The maximum Gasteiger partial charge on any atom is 0.222 e. The lowest BCUT2D eigenvalue weighted by Gasteiger charge is -2.04. The van der Waals surface area contributed by atoms with Crippen molar-refractivity contribution in [2.45, 2.75) is 19.8 Å². The lowest BCUT2D eigenvalue weighted by Crippen LogP contribution is -2.28. The van der Waals surface area contributed by atoms with Gasteiger partial charge in [0.2, 0.25) is 5.91 Å². The molecule has 6 heteroatoms. The molecule has 0 heterocycles. The van der Waals surface area contributed by atoms with Crippen molar-refractivity contribution in [3.05, 3.63) is 0 Å². The molecular formula is C8H17N3O3. The van der Waals surface area contributed by atoms with Crippen molar-refractivity contribution in [2.75, 3.05) is 19.8 Å². The molecule has 6 nitrogen and oxygen atoms in total. The Bertz CT molecular complexity index is 194. The number of amidine groups is 1. The highest BCUT2D eigenvalue weighted by molar-refractivity contribution is 5.81. The highest BCUT2D eigenvalue weighted by Crippen LogP contribution is 1.84. The minimum Gasteiger partial charge on any atom is -0.409 e. The van der Waals surface area contributed by atoms with Crippen molar-refractivity contribution in [3.63, 3.8) is 0 Å². The number of hydrogen-bond donors (Lipinski definition) is 3. The van der Waals surface area contributed by atoms with Crippen LogP contribution in [0.25, 0.3) is 0 Å². The first-order chi connectivity index (χ1) is 6.70. The van der Waals surface area contributed by atoms with Gasteiger partial charge in [0.15, 0.2) is 0 Å². The number of nitrogens with zero attached hydrogens (tertiary/aromatic N) is 1. The van der Waals surface area contributed by atoms with E-state index in [9.17, 15) is 4.79 Å². The van der Waals surface area contributed by atoms with Crippen LogP contribution in [0.15, 0.2) is 5.16 Å². The summed E-state index contributed by atoms with van der Waals surface area (Å²) < 4.78 is 5.00. The van der Waals surface area contributed by atoms with E-state index in [0.29, 0.717) is 32.6 Å². The molecule has 0 rings (SSSR count). The van der Waals surface area contributed by atoms with Gasteiger partial charge in [0, 0.05) is 26.0 Å². The molecule has 14 heavy (non-hydrogen) atoms. The van der Waals surface area contributed by atoms with Crippen LogP contribution in [0.2, 0.25) is 0 Å². The fourth-order valence-electron chi connectivity index (χ4n) is 0.778. The van der Waals surface area contributed by atoms with Gasteiger partial charge in [-0.15, -0.1) is 0 Å². The van der Waals surface area contributed by atoms with Crippen LogP contribution in [0.1, 0.15) is 19.8 Å². The van der Waals surface area contributed by atoms with Crippen molar-refractivity contribution in [1.82, 2.24) is 5.32 Å². The fourth-order valence-corrected chi connectivity index (χ4v) is 0.778. The zero-order chi connectivity index (χ0) is 10.8. The molecule has 1 amide bonds. The molecule has 0 saturated heterocycles. The summed E-state index contributed by atoms with van der Waals surface area (Å²) in [6.07, 6.45) is 0.681. The monoisotopic (exact) mass is 203 g/mol. The Balaban J connectivity index is 3.36. The van der Waals surface area contributed by atoms with E-state index in [4.69, 9.17) is 15.7 Å². The lowest BCUT2D eigenvalue weighted by molar-refractivity contribution is -0.122. The maximum atomic E-state index is 11.1. The molecule has 0 radical (unpaired) electrons. The van der Waals surface area contributed by atoms with E-state index in [-0.39, 0.29) is 11.7 Å². The van der Waals surface area contributed by atoms with Crippen LogP contribution in [0.4, 0.5) is 0 Å². The molecule has 0 saturated carbocycles. The van der Waals surface area contributed by atoms with E-state index in [2.05, 4.69) is 10.5 Å². The lowest BCUT2D eigenvalue weighted by atomic mass is 10.3. The Morgan fingerprint density at radius 3 is 2.86 bits per heavy atom. The number of amides is 1. The minimum absolute atomic E-state index is 0.0933. The Kier molecular flexibility index (Phi) is 7.53. The molecule has 0 unspecified atom stereocenters. The number of nitrogens with two attached hydrogens (primary N) is 1. The van der Waals surface area contributed by atoms with Crippen LogP contribution in [-0.2, 0) is 9.53 Å². The smallest absolute Gasteiger partial charge is 0.222 e. The summed E-state index contributed by atoms with van der Waals surface area (Å²) in [4.78, 5) is 11.1. The van der Waals surface area contributed by atoms with Gasteiger partial charge in [-0.3, -0.25) is 4.79 Å². The summed E-state index contributed by atoms with van der Waals surface area (Å²) >= 11 is 0. The van der Waals surface area contributed by atoms with Crippen LogP contribution in [0.3, 0.4) is 0 Å². The molecular weight excluding hydrogens is 186 g/mol. The van der Waals surface area contributed by atoms with Gasteiger partial charge in [-0.1, -0.05) is 5.16 Å². The molecule has 0 aromatic carbocycles. The average molecular weight is 203 g/mol. The predicted molar refractivity (Wildman–Crippen MR) is 52.1 cm³/mol. The zero-order valence-electron chi connectivity index (χ0n) is 8.32. The van der Waals surface area contributed by atoms with E-state index in [1.807, 2.05) is 6.92 Å². The topological polar surface area (TPSA) is 96.9 Å². The van der Waals surface area contributed by atoms with Gasteiger partial charge in [-0.2, -0.15) is 0 Å². The van der Waals surface area contributed by atoms with Gasteiger partial charge < -0.3 is 21.0 Å². The first-order valence-electron chi connectivity index (χ1n) is 4.51. The Morgan fingerprint density at radius 2 is 2.29 bits per heavy atom. The quantitative estimate of drug-likeness (QED) is 0.173. The molecule has 0 atom stereocenters. The SMILES string of the molecule is CCOCCC(=O)NCCC(N)=NO. The summed E-state index contributed by atoms with van der Waals surface area (Å²) in [6.45, 7) is 3.28. The molecule has 0 bridgehead atoms. The predicted octanol–water partition coefficient (Wildman–Crippen LogP) is -0.334. The number of ether oxygens (including phenoxy) is 1. The van der Waals surface area contributed by atoms with Gasteiger partial charge in [0.05, 0.1) is 6.61 Å². The molecule has 0 spiro atoms. The second-order valence-corrected chi connectivity index (χ2v) is 2.64. The van der Waals surface area contributed by atoms with Crippen molar-refractivity contribution in [2.24, 2.45) is 10.9 Å². The number of hydrogen-bond acceptors (Lipinski definition) is 4. The van der Waals surface area contributed by atoms with E-state index in [1.165, 1.54) is 0 Å². The second kappa shape index (κ2) is 8.31. The van der Waals surface area contributed by atoms with E-state index < -0.39 is 0 Å². The Hall–Kier alpha value is -1.30. The summed E-state index contributed by atoms with van der Waals surface area (Å²) in [5, 5.41) is 13.6. The summed E-state index contributed by atoms with van der Waals surface area (Å²) in [5.74, 6) is 0.0132. The van der Waals surface area contributed by atoms with Gasteiger partial charge in [-0.05, 0) is 6.92 Å². The second-order valence-electron chi connectivity index (χ2n) is 2.64. The van der Waals surface area contributed by atoms with Gasteiger partial charge in [0.1, 0.15) is 5.84 Å². The van der Waals surface area contributed by atoms with Gasteiger partial charge in [-0.25, -0.2) is 0 Å². The third-order valence-electron chi connectivity index (χ3n) is 1.51. The summed E-state index contributed by atoms with van der Waals surface area (Å²) in [5.41, 5.74) is 5.20. The highest BCUT2D eigenvalue weighted by atomic mass is 16.5. The van der Waals surface area contributed by atoms with Crippen LogP contribution in [0, 0.1) is 0 Å². The van der Waals surface area contributed by atoms with Crippen LogP contribution in [0.5, 0.6) is 0 Å². The standard InChI is InChI=1S/C8H17N3O3/c1-2-14-6-4-8(12)10-5-3-7(9)11-13/h13H,2-6H2,1H3,(H2,9,11)(H,10,12). The minimum atomic E-state index is -0.0933. The normalized spacial score (nSPS) is 11.4. The van der Waals surface area contributed by atoms with Crippen molar-refractivity contribution in [1.29, 1.82) is 0 Å². The van der Waals surface area contributed by atoms with E-state index in [0.717, 1.165) is 0 Å². The highest BCUT2D eigenvalue weighted by Gasteiger charge is 2.00. The van der Waals surface area contributed by atoms with Gasteiger partial charge >= 0.3 is 0 Å². The molecule has 0 aliphatic rings. The molecule has 0 aromatic heterocycles. The van der Waals surface area contributed by atoms with Gasteiger partial charge in [0.25, 0.3) is 0 Å². The third kappa shape index (κ3) is 7.35. The molecule has 82 valence electrons. The first-order valence-corrected chi connectivity index (χ1v) is 4.51. The fraction of sp³-hybridized carbons (Fsp3) is 0.750. The largest absolute Gasteiger partial charge is 0.409 e. The summed E-state index contributed by atoms with van der Waals surface area (Å²) in [6, 6.07) is 0. The van der Waals surface area contributed by atoms with Crippen molar-refractivity contribution in [3.8, 4) is 0 Å². The number of rotatable bonds is 7. The van der Waals surface area contributed by atoms with Crippen molar-refractivity contribution >= 4 is 11.7 Å². The number of nitrogens with one attached hydrogen (secondary N) is 1. The number of carbonyl (C=O) groups excluding carboxylic acids is 1. The van der Waals surface area contributed by atoms with Crippen LogP contribution >= 0.6 is 0 Å². The molecule has 0 aliphatic heterocycles. The Labute approximate surface area is 83.1 Å². The Morgan fingerprint density at radius 1 is 1.57 bits per heavy atom. The third-order valence-corrected chi connectivity index (χ3v) is 1.51. The summed E-state index contributed by atoms with van der Waals surface area (Å²) in [7, 11) is 0. The van der Waals surface area contributed by atoms with E-state index in [1.54, 1.807) is 0 Å². The average Bonchev–Trinajstić information content (AvgIpc) is 2.18. The zero-order valence-corrected chi connectivity index (χ0v) is 8.32. The van der Waals surface area contributed by atoms with Crippen LogP contribution < -0.4 is 11.1 Å². The maximum absolute atomic E-state index is 11.1. The van der Waals surface area contributed by atoms with Crippen molar-refractivity contribution < 1.29 is 14.7 Å². The first kappa shape index (κ1) is 12.7. The number of carbonyl (C=O) groups is 1. The molecule has 4 N–H and O–H groups in total. The van der Waals surface area contributed by atoms with E-state index >= 15 is 0 Å². The van der Waals surface area contributed by atoms with Crippen LogP contribution in [-0.4, -0.2) is 36.7 Å². The number of oxime groups is 1. The molecule has 0 fully saturated rings.